The molecule has 0 unspecified atom stereocenters. The van der Waals surface area contributed by atoms with E-state index in [0.29, 0.717) is 12.0 Å². The van der Waals surface area contributed by atoms with E-state index in [0.717, 1.165) is 5.69 Å². The van der Waals surface area contributed by atoms with Crippen LogP contribution >= 0.6 is 24.2 Å². The predicted octanol–water partition coefficient (Wildman–Crippen LogP) is 4.99. The summed E-state index contributed by atoms with van der Waals surface area (Å²) in [6.45, 7) is 7.44. The second-order valence-electron chi connectivity index (χ2n) is 6.57. The molecule has 1 aliphatic carbocycles. The molecule has 112 valence electrons. The van der Waals surface area contributed by atoms with Crippen LogP contribution in [0.2, 0.25) is 0 Å². The molecule has 2 nitrogen and oxygen atoms in total. The topological polar surface area (TPSA) is 22.1 Å². The van der Waals surface area contributed by atoms with Gasteiger partial charge in [-0.1, -0.05) is 19.9 Å². The SMILES string of the molecule is Cc1c(-c2cccnc2COS)sc2c1CC(C)(C)CC2. The molecule has 0 saturated heterocycles. The van der Waals surface area contributed by atoms with Gasteiger partial charge in [0, 0.05) is 21.5 Å². The first-order valence-corrected chi connectivity index (χ1v) is 8.52. The van der Waals surface area contributed by atoms with Crippen LogP contribution in [-0.4, -0.2) is 4.98 Å². The molecule has 0 bridgehead atoms. The minimum Gasteiger partial charge on any atom is -0.312 e. The third-order valence-corrected chi connectivity index (χ3v) is 5.93. The second-order valence-corrected chi connectivity index (χ2v) is 7.93. The van der Waals surface area contributed by atoms with Crippen molar-refractivity contribution < 1.29 is 4.18 Å². The van der Waals surface area contributed by atoms with Crippen molar-refractivity contribution in [3.05, 3.63) is 40.0 Å². The summed E-state index contributed by atoms with van der Waals surface area (Å²) in [5, 5.41) is 0. The number of aryl methyl sites for hydroxylation is 1. The Balaban J connectivity index is 2.07. The molecule has 0 atom stereocenters. The normalized spacial score (nSPS) is 16.8. The van der Waals surface area contributed by atoms with E-state index in [2.05, 4.69) is 44.7 Å². The van der Waals surface area contributed by atoms with E-state index in [4.69, 9.17) is 4.18 Å². The first-order valence-electron chi connectivity index (χ1n) is 7.33. The summed E-state index contributed by atoms with van der Waals surface area (Å²) in [7, 11) is 0. The third kappa shape index (κ3) is 2.89. The zero-order valence-corrected chi connectivity index (χ0v) is 14.5. The average molecular weight is 319 g/mol. The number of nitrogens with zero attached hydrogens (tertiary/aromatic N) is 1. The standard InChI is InChI=1S/C17H21NOS2/c1-11-13-9-17(2,3)7-6-15(13)21-16(11)12-5-4-8-18-14(12)10-19-20/h4-5,8,20H,6-7,9-10H2,1-3H3. The number of aromatic nitrogens is 1. The van der Waals surface area contributed by atoms with E-state index in [-0.39, 0.29) is 0 Å². The van der Waals surface area contributed by atoms with Crippen molar-refractivity contribution in [1.29, 1.82) is 0 Å². The molecule has 21 heavy (non-hydrogen) atoms. The molecular weight excluding hydrogens is 298 g/mol. The lowest BCUT2D eigenvalue weighted by Gasteiger charge is -2.29. The van der Waals surface area contributed by atoms with E-state index in [9.17, 15) is 0 Å². The average Bonchev–Trinajstić information content (AvgIpc) is 2.76. The van der Waals surface area contributed by atoms with Crippen LogP contribution in [0.15, 0.2) is 18.3 Å². The Morgan fingerprint density at radius 3 is 3.00 bits per heavy atom. The smallest absolute Gasteiger partial charge is 0.104 e. The predicted molar refractivity (Wildman–Crippen MR) is 91.9 cm³/mol. The first-order chi connectivity index (χ1) is 10.0. The van der Waals surface area contributed by atoms with Crippen LogP contribution < -0.4 is 0 Å². The number of thiol groups is 1. The van der Waals surface area contributed by atoms with Gasteiger partial charge in [0.05, 0.1) is 5.69 Å². The van der Waals surface area contributed by atoms with Crippen molar-refractivity contribution >= 4 is 24.2 Å². The van der Waals surface area contributed by atoms with Crippen molar-refractivity contribution in [3.8, 4) is 10.4 Å². The number of hydrogen-bond acceptors (Lipinski definition) is 4. The van der Waals surface area contributed by atoms with Gasteiger partial charge in [-0.3, -0.25) is 4.98 Å². The van der Waals surface area contributed by atoms with E-state index >= 15 is 0 Å². The maximum atomic E-state index is 5.00. The third-order valence-electron chi connectivity index (χ3n) is 4.38. The summed E-state index contributed by atoms with van der Waals surface area (Å²) in [6, 6.07) is 4.14. The Morgan fingerprint density at radius 2 is 2.24 bits per heavy atom. The molecule has 0 fully saturated rings. The van der Waals surface area contributed by atoms with Crippen LogP contribution in [0.3, 0.4) is 0 Å². The van der Waals surface area contributed by atoms with Crippen LogP contribution in [0.4, 0.5) is 0 Å². The fraction of sp³-hybridized carbons (Fsp3) is 0.471. The molecule has 1 aliphatic rings. The first kappa shape index (κ1) is 15.1. The van der Waals surface area contributed by atoms with Gasteiger partial charge in [0.2, 0.25) is 0 Å². The van der Waals surface area contributed by atoms with Crippen LogP contribution in [0.5, 0.6) is 0 Å². The van der Waals surface area contributed by atoms with Gasteiger partial charge >= 0.3 is 0 Å². The fourth-order valence-electron chi connectivity index (χ4n) is 3.14. The highest BCUT2D eigenvalue weighted by Gasteiger charge is 2.29. The number of fused-ring (bicyclic) bond motifs is 1. The van der Waals surface area contributed by atoms with Crippen molar-refractivity contribution in [2.45, 2.75) is 46.6 Å². The van der Waals surface area contributed by atoms with Crippen molar-refractivity contribution in [2.24, 2.45) is 5.41 Å². The van der Waals surface area contributed by atoms with Crippen LogP contribution in [0.1, 0.15) is 42.0 Å². The van der Waals surface area contributed by atoms with Gasteiger partial charge in [0.1, 0.15) is 6.61 Å². The van der Waals surface area contributed by atoms with Gasteiger partial charge in [-0.2, -0.15) is 0 Å². The van der Waals surface area contributed by atoms with E-state index in [1.165, 1.54) is 35.3 Å². The van der Waals surface area contributed by atoms with Gasteiger partial charge in [0.25, 0.3) is 0 Å². The minimum atomic E-state index is 0.419. The largest absolute Gasteiger partial charge is 0.312 e. The Bertz CT molecular complexity index is 661. The summed E-state index contributed by atoms with van der Waals surface area (Å²) in [5.74, 6) is 0. The van der Waals surface area contributed by atoms with Crippen LogP contribution in [0.25, 0.3) is 10.4 Å². The lowest BCUT2D eigenvalue weighted by Crippen LogP contribution is -2.21. The van der Waals surface area contributed by atoms with Gasteiger partial charge in [-0.25, -0.2) is 0 Å². The summed E-state index contributed by atoms with van der Waals surface area (Å²) in [4.78, 5) is 7.37. The Morgan fingerprint density at radius 1 is 1.43 bits per heavy atom. The molecule has 2 aromatic rings. The summed E-state index contributed by atoms with van der Waals surface area (Å²) >= 11 is 5.81. The highest BCUT2D eigenvalue weighted by Crippen LogP contribution is 2.45. The number of thiophene rings is 1. The molecule has 4 heteroatoms. The number of hydrogen-bond donors (Lipinski definition) is 1. The van der Waals surface area contributed by atoms with Crippen LogP contribution in [-0.2, 0) is 23.6 Å². The second kappa shape index (κ2) is 5.75. The Labute approximate surface area is 136 Å². The molecule has 3 rings (SSSR count). The molecule has 0 aromatic carbocycles. The molecule has 0 radical (unpaired) electrons. The molecule has 0 spiro atoms. The van der Waals surface area contributed by atoms with Gasteiger partial charge in [-0.05, 0) is 61.7 Å². The number of rotatable bonds is 3. The molecule has 2 aromatic heterocycles. The van der Waals surface area contributed by atoms with Crippen molar-refractivity contribution in [3.63, 3.8) is 0 Å². The molecule has 2 heterocycles. The van der Waals surface area contributed by atoms with Crippen molar-refractivity contribution in [1.82, 2.24) is 4.98 Å². The Hall–Kier alpha value is -0.840. The molecule has 0 N–H and O–H groups in total. The fourth-order valence-corrected chi connectivity index (χ4v) is 4.63. The molecule has 0 saturated carbocycles. The van der Waals surface area contributed by atoms with E-state index in [1.54, 1.807) is 10.4 Å². The number of pyridine rings is 1. The lowest BCUT2D eigenvalue weighted by atomic mass is 9.76. The summed E-state index contributed by atoms with van der Waals surface area (Å²) in [5.41, 5.74) is 5.57. The van der Waals surface area contributed by atoms with E-state index in [1.807, 2.05) is 23.6 Å². The van der Waals surface area contributed by atoms with Gasteiger partial charge in [0.15, 0.2) is 0 Å². The summed E-state index contributed by atoms with van der Waals surface area (Å²) in [6.07, 6.45) is 5.48. The molecule has 0 amide bonds. The van der Waals surface area contributed by atoms with Crippen molar-refractivity contribution in [2.75, 3.05) is 0 Å². The highest BCUT2D eigenvalue weighted by molar-refractivity contribution is 7.75. The maximum Gasteiger partial charge on any atom is 0.104 e. The van der Waals surface area contributed by atoms with E-state index < -0.39 is 0 Å². The molecule has 0 aliphatic heterocycles. The monoisotopic (exact) mass is 319 g/mol. The lowest BCUT2D eigenvalue weighted by molar-refractivity contribution is 0.317. The summed E-state index contributed by atoms with van der Waals surface area (Å²) < 4.78 is 5.00. The zero-order valence-electron chi connectivity index (χ0n) is 12.8. The highest BCUT2D eigenvalue weighted by atomic mass is 32.1. The molecular formula is C17H21NOS2. The van der Waals surface area contributed by atoms with Gasteiger partial charge in [-0.15, -0.1) is 11.3 Å². The Kier molecular flexibility index (Phi) is 4.12. The minimum absolute atomic E-state index is 0.419. The zero-order chi connectivity index (χ0) is 15.0. The van der Waals surface area contributed by atoms with Gasteiger partial charge < -0.3 is 4.18 Å². The van der Waals surface area contributed by atoms with Crippen LogP contribution in [0, 0.1) is 12.3 Å². The quantitative estimate of drug-likeness (QED) is 0.635. The maximum absolute atomic E-state index is 5.00.